The number of hydrogen-bond acceptors (Lipinski definition) is 2. The van der Waals surface area contributed by atoms with Gasteiger partial charge in [-0.2, -0.15) is 5.26 Å². The number of aromatic amines is 1. The van der Waals surface area contributed by atoms with Crippen LogP contribution in [0.1, 0.15) is 42.0 Å². The molecule has 0 spiro atoms. The van der Waals surface area contributed by atoms with E-state index in [9.17, 15) is 4.79 Å². The minimum atomic E-state index is -0.241. The molecule has 0 radical (unpaired) electrons. The van der Waals surface area contributed by atoms with Crippen LogP contribution in [-0.2, 0) is 0 Å². The Morgan fingerprint density at radius 3 is 2.79 bits per heavy atom. The molecule has 3 nitrogen and oxygen atoms in total. The number of aromatic nitrogens is 1. The summed E-state index contributed by atoms with van der Waals surface area (Å²) < 4.78 is 0. The molecule has 1 aliphatic carbocycles. The Morgan fingerprint density at radius 1 is 1.57 bits per heavy atom. The van der Waals surface area contributed by atoms with Crippen LogP contribution in [0.4, 0.5) is 0 Å². The van der Waals surface area contributed by atoms with Crippen molar-refractivity contribution in [3.63, 3.8) is 0 Å². The van der Waals surface area contributed by atoms with Crippen LogP contribution in [0.3, 0.4) is 0 Å². The number of H-pyrrole nitrogens is 1. The number of rotatable bonds is 1. The van der Waals surface area contributed by atoms with Gasteiger partial charge in [0.25, 0.3) is 5.56 Å². The summed E-state index contributed by atoms with van der Waals surface area (Å²) in [6, 6.07) is 3.93. The number of aryl methyl sites for hydroxylation is 1. The lowest BCUT2D eigenvalue weighted by atomic mass is 9.78. The number of hydrogen-bond donors (Lipinski definition) is 1. The standard InChI is InChI=1S/C11H12N2O/c1-7-5-9(8-3-2-4-8)10(6-12)11(14)13-7/h5,8H,2-4H2,1H3,(H,13,14). The van der Waals surface area contributed by atoms with Crippen LogP contribution in [0.25, 0.3) is 0 Å². The molecule has 1 fully saturated rings. The van der Waals surface area contributed by atoms with Crippen molar-refractivity contribution >= 4 is 0 Å². The van der Waals surface area contributed by atoms with E-state index in [2.05, 4.69) is 4.98 Å². The highest BCUT2D eigenvalue weighted by molar-refractivity contribution is 5.39. The van der Waals surface area contributed by atoms with E-state index in [1.807, 2.05) is 19.1 Å². The molecule has 14 heavy (non-hydrogen) atoms. The van der Waals surface area contributed by atoms with Crippen molar-refractivity contribution in [3.8, 4) is 6.07 Å². The second kappa shape index (κ2) is 3.30. The third-order valence-electron chi connectivity index (χ3n) is 2.86. The first kappa shape index (κ1) is 9.01. The molecule has 2 rings (SSSR count). The largest absolute Gasteiger partial charge is 0.325 e. The van der Waals surface area contributed by atoms with Gasteiger partial charge in [0.1, 0.15) is 11.6 Å². The Labute approximate surface area is 82.4 Å². The molecule has 0 unspecified atom stereocenters. The highest BCUT2D eigenvalue weighted by atomic mass is 16.1. The zero-order valence-corrected chi connectivity index (χ0v) is 8.13. The summed E-state index contributed by atoms with van der Waals surface area (Å²) in [6.07, 6.45) is 3.43. The first-order chi connectivity index (χ1) is 6.72. The van der Waals surface area contributed by atoms with Gasteiger partial charge in [-0.15, -0.1) is 0 Å². The maximum Gasteiger partial charge on any atom is 0.266 e. The highest BCUT2D eigenvalue weighted by Gasteiger charge is 2.23. The van der Waals surface area contributed by atoms with E-state index in [0.29, 0.717) is 11.5 Å². The minimum Gasteiger partial charge on any atom is -0.325 e. The average Bonchev–Trinajstić information content (AvgIpc) is 1.99. The zero-order chi connectivity index (χ0) is 10.1. The normalized spacial score (nSPS) is 16.0. The molecule has 1 saturated carbocycles. The highest BCUT2D eigenvalue weighted by Crippen LogP contribution is 2.37. The van der Waals surface area contributed by atoms with Gasteiger partial charge in [0, 0.05) is 5.69 Å². The quantitative estimate of drug-likeness (QED) is 0.730. The van der Waals surface area contributed by atoms with Gasteiger partial charge in [-0.05, 0) is 37.3 Å². The molecule has 1 heterocycles. The monoisotopic (exact) mass is 188 g/mol. The van der Waals surface area contributed by atoms with Gasteiger partial charge < -0.3 is 4.98 Å². The van der Waals surface area contributed by atoms with Gasteiger partial charge in [-0.3, -0.25) is 4.79 Å². The minimum absolute atomic E-state index is 0.241. The molecule has 0 aromatic carbocycles. The van der Waals surface area contributed by atoms with Crippen molar-refractivity contribution in [2.45, 2.75) is 32.1 Å². The summed E-state index contributed by atoms with van der Waals surface area (Å²) in [7, 11) is 0. The predicted molar refractivity (Wildman–Crippen MR) is 53.1 cm³/mol. The van der Waals surface area contributed by atoms with E-state index in [4.69, 9.17) is 5.26 Å². The van der Waals surface area contributed by atoms with E-state index in [-0.39, 0.29) is 5.56 Å². The van der Waals surface area contributed by atoms with Gasteiger partial charge in [0.2, 0.25) is 0 Å². The number of nitriles is 1. The van der Waals surface area contributed by atoms with Gasteiger partial charge in [0.15, 0.2) is 0 Å². The number of nitrogens with zero attached hydrogens (tertiary/aromatic N) is 1. The summed E-state index contributed by atoms with van der Waals surface area (Å²) in [5.74, 6) is 0.436. The summed E-state index contributed by atoms with van der Waals surface area (Å²) in [6.45, 7) is 1.85. The Hall–Kier alpha value is -1.56. The number of nitrogens with one attached hydrogen (secondary N) is 1. The summed E-state index contributed by atoms with van der Waals surface area (Å²) in [5, 5.41) is 8.89. The molecule has 0 bridgehead atoms. The molecular formula is C11H12N2O. The van der Waals surface area contributed by atoms with E-state index < -0.39 is 0 Å². The van der Waals surface area contributed by atoms with Gasteiger partial charge in [-0.1, -0.05) is 6.42 Å². The first-order valence-electron chi connectivity index (χ1n) is 4.86. The van der Waals surface area contributed by atoms with E-state index in [0.717, 1.165) is 24.1 Å². The van der Waals surface area contributed by atoms with Crippen LogP contribution in [0.2, 0.25) is 0 Å². The van der Waals surface area contributed by atoms with Crippen molar-refractivity contribution in [1.82, 2.24) is 4.98 Å². The van der Waals surface area contributed by atoms with Crippen molar-refractivity contribution in [1.29, 1.82) is 5.26 Å². The van der Waals surface area contributed by atoms with Crippen molar-refractivity contribution in [2.75, 3.05) is 0 Å². The van der Waals surface area contributed by atoms with Crippen molar-refractivity contribution in [3.05, 3.63) is 33.2 Å². The Morgan fingerprint density at radius 2 is 2.29 bits per heavy atom. The van der Waals surface area contributed by atoms with Crippen LogP contribution in [0.5, 0.6) is 0 Å². The number of pyridine rings is 1. The maximum atomic E-state index is 11.5. The fourth-order valence-corrected chi connectivity index (χ4v) is 1.87. The van der Waals surface area contributed by atoms with E-state index >= 15 is 0 Å². The predicted octanol–water partition coefficient (Wildman–Crippen LogP) is 1.82. The Balaban J connectivity index is 2.56. The lowest BCUT2D eigenvalue weighted by Gasteiger charge is -2.26. The lowest BCUT2D eigenvalue weighted by molar-refractivity contribution is 0.418. The van der Waals surface area contributed by atoms with Gasteiger partial charge in [0.05, 0.1) is 0 Å². The van der Waals surface area contributed by atoms with Gasteiger partial charge >= 0.3 is 0 Å². The molecule has 1 aromatic heterocycles. The van der Waals surface area contributed by atoms with E-state index in [1.165, 1.54) is 6.42 Å². The molecule has 1 aromatic rings. The zero-order valence-electron chi connectivity index (χ0n) is 8.13. The lowest BCUT2D eigenvalue weighted by Crippen LogP contribution is -2.19. The molecular weight excluding hydrogens is 176 g/mol. The van der Waals surface area contributed by atoms with Crippen LogP contribution < -0.4 is 5.56 Å². The maximum absolute atomic E-state index is 11.5. The van der Waals surface area contributed by atoms with Crippen molar-refractivity contribution < 1.29 is 0 Å². The summed E-state index contributed by atoms with van der Waals surface area (Å²) >= 11 is 0. The fourth-order valence-electron chi connectivity index (χ4n) is 1.87. The molecule has 0 atom stereocenters. The molecule has 1 N–H and O–H groups in total. The van der Waals surface area contributed by atoms with Gasteiger partial charge in [-0.25, -0.2) is 0 Å². The first-order valence-corrected chi connectivity index (χ1v) is 4.86. The van der Waals surface area contributed by atoms with Crippen LogP contribution in [0.15, 0.2) is 10.9 Å². The second-order valence-electron chi connectivity index (χ2n) is 3.85. The van der Waals surface area contributed by atoms with Crippen LogP contribution in [0, 0.1) is 18.3 Å². The molecule has 0 amide bonds. The molecule has 0 saturated heterocycles. The smallest absolute Gasteiger partial charge is 0.266 e. The average molecular weight is 188 g/mol. The molecule has 3 heteroatoms. The van der Waals surface area contributed by atoms with E-state index in [1.54, 1.807) is 0 Å². The molecule has 1 aliphatic rings. The Kier molecular flexibility index (Phi) is 2.12. The van der Waals surface area contributed by atoms with Crippen molar-refractivity contribution in [2.24, 2.45) is 0 Å². The van der Waals surface area contributed by atoms with Crippen LogP contribution in [-0.4, -0.2) is 4.98 Å². The second-order valence-corrected chi connectivity index (χ2v) is 3.85. The third-order valence-corrected chi connectivity index (χ3v) is 2.86. The molecule has 72 valence electrons. The topological polar surface area (TPSA) is 56.6 Å². The molecule has 0 aliphatic heterocycles. The third kappa shape index (κ3) is 1.33. The summed E-state index contributed by atoms with van der Waals surface area (Å²) in [4.78, 5) is 14.1. The summed E-state index contributed by atoms with van der Waals surface area (Å²) in [5.41, 5.74) is 1.85. The SMILES string of the molecule is Cc1cc(C2CCC2)c(C#N)c(=O)[nH]1. The fraction of sp³-hybridized carbons (Fsp3) is 0.455. The Bertz CT molecular complexity index is 449. The van der Waals surface area contributed by atoms with Crippen LogP contribution >= 0.6 is 0 Å².